The van der Waals surface area contributed by atoms with Crippen molar-refractivity contribution >= 4 is 0 Å². The Balaban J connectivity index is 1.74. The van der Waals surface area contributed by atoms with E-state index in [1.165, 1.54) is 31.5 Å². The van der Waals surface area contributed by atoms with Gasteiger partial charge in [0.25, 0.3) is 0 Å². The lowest BCUT2D eigenvalue weighted by molar-refractivity contribution is 0.0426. The SMILES string of the molecule is COCOc1ccc(OC)cc1CN1CC2CCCN2CC1C. The van der Waals surface area contributed by atoms with Crippen LogP contribution in [0.5, 0.6) is 11.5 Å². The number of rotatable bonds is 6. The summed E-state index contributed by atoms with van der Waals surface area (Å²) in [6.45, 7) is 7.06. The molecule has 2 aliphatic heterocycles. The third-order valence-corrected chi connectivity index (χ3v) is 5.04. The molecule has 128 valence electrons. The molecule has 2 aliphatic rings. The van der Waals surface area contributed by atoms with E-state index in [0.29, 0.717) is 6.04 Å². The third kappa shape index (κ3) is 3.79. The van der Waals surface area contributed by atoms with Crippen LogP contribution in [0, 0.1) is 0 Å². The van der Waals surface area contributed by atoms with Gasteiger partial charge in [0.1, 0.15) is 11.5 Å². The van der Waals surface area contributed by atoms with E-state index in [2.05, 4.69) is 22.8 Å². The molecule has 0 N–H and O–H groups in total. The predicted molar refractivity (Wildman–Crippen MR) is 90.0 cm³/mol. The number of piperazine rings is 1. The number of methoxy groups -OCH3 is 2. The van der Waals surface area contributed by atoms with Crippen LogP contribution in [0.2, 0.25) is 0 Å². The number of hydrogen-bond acceptors (Lipinski definition) is 5. The normalized spacial score (nSPS) is 25.3. The van der Waals surface area contributed by atoms with Crippen LogP contribution in [0.1, 0.15) is 25.3 Å². The Bertz CT molecular complexity index is 523. The van der Waals surface area contributed by atoms with Crippen LogP contribution in [0.15, 0.2) is 18.2 Å². The maximum atomic E-state index is 5.73. The average Bonchev–Trinajstić information content (AvgIpc) is 3.01. The van der Waals surface area contributed by atoms with Crippen LogP contribution in [0.4, 0.5) is 0 Å². The maximum Gasteiger partial charge on any atom is 0.188 e. The van der Waals surface area contributed by atoms with E-state index >= 15 is 0 Å². The Morgan fingerprint density at radius 2 is 2.09 bits per heavy atom. The first-order valence-corrected chi connectivity index (χ1v) is 8.48. The largest absolute Gasteiger partial charge is 0.497 e. The van der Waals surface area contributed by atoms with Crippen LogP contribution in [0.3, 0.4) is 0 Å². The highest BCUT2D eigenvalue weighted by Crippen LogP contribution is 2.30. The van der Waals surface area contributed by atoms with Gasteiger partial charge in [-0.15, -0.1) is 0 Å². The third-order valence-electron chi connectivity index (χ3n) is 5.04. The van der Waals surface area contributed by atoms with E-state index in [-0.39, 0.29) is 6.79 Å². The molecule has 3 rings (SSSR count). The predicted octanol–water partition coefficient (Wildman–Crippen LogP) is 2.35. The molecule has 1 aromatic carbocycles. The molecule has 0 bridgehead atoms. The molecule has 2 heterocycles. The molecule has 1 aromatic rings. The Hall–Kier alpha value is -1.30. The molecule has 0 aromatic heterocycles. The molecule has 5 heteroatoms. The fraction of sp³-hybridized carbons (Fsp3) is 0.667. The Morgan fingerprint density at radius 3 is 2.87 bits per heavy atom. The van der Waals surface area contributed by atoms with Crippen LogP contribution in [0.25, 0.3) is 0 Å². The van der Waals surface area contributed by atoms with Crippen LogP contribution < -0.4 is 9.47 Å². The second-order valence-electron chi connectivity index (χ2n) is 6.59. The average molecular weight is 320 g/mol. The minimum Gasteiger partial charge on any atom is -0.497 e. The van der Waals surface area contributed by atoms with Gasteiger partial charge in [0.05, 0.1) is 7.11 Å². The van der Waals surface area contributed by atoms with Crippen LogP contribution in [-0.2, 0) is 11.3 Å². The van der Waals surface area contributed by atoms with Gasteiger partial charge in [0.15, 0.2) is 6.79 Å². The first-order valence-electron chi connectivity index (χ1n) is 8.48. The molecule has 5 nitrogen and oxygen atoms in total. The molecule has 0 spiro atoms. The van der Waals surface area contributed by atoms with Crippen molar-refractivity contribution in [1.29, 1.82) is 0 Å². The lowest BCUT2D eigenvalue weighted by Gasteiger charge is -2.42. The van der Waals surface area contributed by atoms with Gasteiger partial charge >= 0.3 is 0 Å². The highest BCUT2D eigenvalue weighted by atomic mass is 16.7. The van der Waals surface area contributed by atoms with E-state index in [1.54, 1.807) is 14.2 Å². The Morgan fingerprint density at radius 1 is 1.22 bits per heavy atom. The summed E-state index contributed by atoms with van der Waals surface area (Å²) in [5.74, 6) is 1.76. The van der Waals surface area contributed by atoms with Crippen LogP contribution >= 0.6 is 0 Å². The zero-order valence-corrected chi connectivity index (χ0v) is 14.5. The molecule has 0 radical (unpaired) electrons. The minimum atomic E-state index is 0.269. The molecule has 2 unspecified atom stereocenters. The van der Waals surface area contributed by atoms with E-state index in [4.69, 9.17) is 14.2 Å². The molecule has 2 fully saturated rings. The highest BCUT2D eigenvalue weighted by Gasteiger charge is 2.34. The number of hydrogen-bond donors (Lipinski definition) is 0. The maximum absolute atomic E-state index is 5.73. The van der Waals surface area contributed by atoms with Crippen molar-refractivity contribution in [3.8, 4) is 11.5 Å². The number of benzene rings is 1. The van der Waals surface area contributed by atoms with Gasteiger partial charge in [-0.3, -0.25) is 9.80 Å². The summed E-state index contributed by atoms with van der Waals surface area (Å²) in [5, 5.41) is 0. The molecule has 0 aliphatic carbocycles. The second kappa shape index (κ2) is 7.51. The highest BCUT2D eigenvalue weighted by molar-refractivity contribution is 5.40. The van der Waals surface area contributed by atoms with Crippen molar-refractivity contribution in [3.05, 3.63) is 23.8 Å². The Kier molecular flexibility index (Phi) is 5.41. The smallest absolute Gasteiger partial charge is 0.188 e. The summed E-state index contributed by atoms with van der Waals surface area (Å²) in [7, 11) is 3.35. The van der Waals surface area contributed by atoms with Crippen molar-refractivity contribution in [1.82, 2.24) is 9.80 Å². The van der Waals surface area contributed by atoms with Crippen molar-refractivity contribution in [2.24, 2.45) is 0 Å². The van der Waals surface area contributed by atoms with Crippen molar-refractivity contribution in [3.63, 3.8) is 0 Å². The second-order valence-corrected chi connectivity index (χ2v) is 6.59. The standard InChI is InChI=1S/C18H28N2O3/c1-14-10-19-8-4-5-16(19)12-20(14)11-15-9-17(22-3)6-7-18(15)23-13-21-2/h6-7,9,14,16H,4-5,8,10-13H2,1-3H3. The molecule has 0 amide bonds. The number of fused-ring (bicyclic) bond motifs is 1. The summed E-state index contributed by atoms with van der Waals surface area (Å²) in [6.07, 6.45) is 2.67. The first kappa shape index (κ1) is 16.6. The lowest BCUT2D eigenvalue weighted by atomic mass is 10.1. The summed E-state index contributed by atoms with van der Waals surface area (Å²) in [5.41, 5.74) is 1.17. The van der Waals surface area contributed by atoms with E-state index < -0.39 is 0 Å². The van der Waals surface area contributed by atoms with E-state index in [1.807, 2.05) is 12.1 Å². The zero-order chi connectivity index (χ0) is 16.2. The van der Waals surface area contributed by atoms with Gasteiger partial charge in [-0.1, -0.05) is 0 Å². The van der Waals surface area contributed by atoms with E-state index in [0.717, 1.165) is 30.6 Å². The van der Waals surface area contributed by atoms with Gasteiger partial charge < -0.3 is 14.2 Å². The van der Waals surface area contributed by atoms with Gasteiger partial charge in [-0.05, 0) is 44.5 Å². The molecule has 0 saturated carbocycles. The van der Waals surface area contributed by atoms with Crippen molar-refractivity contribution in [2.75, 3.05) is 40.6 Å². The monoisotopic (exact) mass is 320 g/mol. The topological polar surface area (TPSA) is 34.2 Å². The van der Waals surface area contributed by atoms with Crippen LogP contribution in [-0.4, -0.2) is 62.5 Å². The Labute approximate surface area is 139 Å². The fourth-order valence-corrected chi connectivity index (χ4v) is 3.76. The molecular formula is C18H28N2O3. The van der Waals surface area contributed by atoms with Gasteiger partial charge in [-0.25, -0.2) is 0 Å². The summed E-state index contributed by atoms with van der Waals surface area (Å²) >= 11 is 0. The van der Waals surface area contributed by atoms with Gasteiger partial charge in [-0.2, -0.15) is 0 Å². The van der Waals surface area contributed by atoms with E-state index in [9.17, 15) is 0 Å². The molecule has 2 atom stereocenters. The quantitative estimate of drug-likeness (QED) is 0.752. The zero-order valence-electron chi connectivity index (χ0n) is 14.5. The molecular weight excluding hydrogens is 292 g/mol. The van der Waals surface area contributed by atoms with Gasteiger partial charge in [0, 0.05) is 44.4 Å². The minimum absolute atomic E-state index is 0.269. The molecule has 2 saturated heterocycles. The number of ether oxygens (including phenoxy) is 3. The van der Waals surface area contributed by atoms with Crippen molar-refractivity contribution < 1.29 is 14.2 Å². The first-order chi connectivity index (χ1) is 11.2. The molecule has 23 heavy (non-hydrogen) atoms. The van der Waals surface area contributed by atoms with Crippen molar-refractivity contribution in [2.45, 2.75) is 38.4 Å². The fourth-order valence-electron chi connectivity index (χ4n) is 3.76. The summed E-state index contributed by atoms with van der Waals surface area (Å²) in [6, 6.07) is 7.28. The summed E-state index contributed by atoms with van der Waals surface area (Å²) < 4.78 is 16.2. The number of nitrogens with zero attached hydrogens (tertiary/aromatic N) is 2. The summed E-state index contributed by atoms with van der Waals surface area (Å²) in [4.78, 5) is 5.22. The van der Waals surface area contributed by atoms with Gasteiger partial charge in [0.2, 0.25) is 0 Å². The lowest BCUT2D eigenvalue weighted by Crippen LogP contribution is -2.54.